The van der Waals surface area contributed by atoms with Gasteiger partial charge in [0.2, 0.25) is 47.3 Å². The minimum absolute atomic E-state index is 0.0360. The third-order valence-electron chi connectivity index (χ3n) is 9.45. The lowest BCUT2D eigenvalue weighted by atomic mass is 10.00. The molecule has 60 heavy (non-hydrogen) atoms. The molecule has 1 aromatic carbocycles. The summed E-state index contributed by atoms with van der Waals surface area (Å²) < 4.78 is 0. The molecular weight excluding hydrogens is 782 g/mol. The summed E-state index contributed by atoms with van der Waals surface area (Å²) in [5, 5.41) is 40.8. The highest BCUT2D eigenvalue weighted by atomic mass is 16.3. The average Bonchev–Trinajstić information content (AvgIpc) is 3.17. The van der Waals surface area contributed by atoms with Crippen LogP contribution >= 0.6 is 0 Å². The van der Waals surface area contributed by atoms with Gasteiger partial charge in [-0.05, 0) is 77.1 Å². The van der Waals surface area contributed by atoms with Gasteiger partial charge in [0, 0.05) is 13.0 Å². The van der Waals surface area contributed by atoms with E-state index >= 15 is 0 Å². The molecule has 0 bridgehead atoms. The number of carbonyl (C=O) groups excluding carboxylic acids is 8. The van der Waals surface area contributed by atoms with Gasteiger partial charge < -0.3 is 69.9 Å². The van der Waals surface area contributed by atoms with Gasteiger partial charge in [-0.1, -0.05) is 44.2 Å². The van der Waals surface area contributed by atoms with Gasteiger partial charge in [-0.3, -0.25) is 38.4 Å². The van der Waals surface area contributed by atoms with Crippen LogP contribution in [0.2, 0.25) is 0 Å². The van der Waals surface area contributed by atoms with Crippen molar-refractivity contribution in [3.8, 4) is 0 Å². The Kier molecular flexibility index (Phi) is 22.1. The molecule has 0 spiro atoms. The largest absolute Gasteiger partial charge is 0.393 e. The Bertz CT molecular complexity index is 1600. The van der Waals surface area contributed by atoms with Gasteiger partial charge in [-0.15, -0.1) is 0 Å². The third-order valence-corrected chi connectivity index (χ3v) is 9.45. The second-order valence-electron chi connectivity index (χ2n) is 15.3. The maximum atomic E-state index is 14.1. The zero-order chi connectivity index (χ0) is 44.9. The quantitative estimate of drug-likeness (QED) is 0.0840. The molecule has 21 heteroatoms. The molecule has 1 aliphatic heterocycles. The first-order chi connectivity index (χ1) is 28.4. The number of nitrogens with two attached hydrogens (primary N) is 3. The van der Waals surface area contributed by atoms with Gasteiger partial charge in [0.15, 0.2) is 0 Å². The molecular formula is C39H65N11O10. The van der Waals surface area contributed by atoms with Crippen LogP contribution in [0, 0.1) is 5.92 Å². The third kappa shape index (κ3) is 17.6. The predicted molar refractivity (Wildman–Crippen MR) is 220 cm³/mol. The number of benzene rings is 1. The van der Waals surface area contributed by atoms with Crippen molar-refractivity contribution in [3.05, 3.63) is 35.9 Å². The molecule has 8 amide bonds. The zero-order valence-corrected chi connectivity index (χ0v) is 34.8. The number of rotatable bonds is 14. The van der Waals surface area contributed by atoms with Crippen molar-refractivity contribution in [1.82, 2.24) is 42.5 Å². The topological polar surface area (TPSA) is 351 Å². The Morgan fingerprint density at radius 1 is 0.650 bits per heavy atom. The molecule has 9 atom stereocenters. The van der Waals surface area contributed by atoms with Crippen LogP contribution in [0.25, 0.3) is 0 Å². The van der Waals surface area contributed by atoms with Crippen LogP contribution in [-0.2, 0) is 44.8 Å². The van der Waals surface area contributed by atoms with Crippen molar-refractivity contribution in [1.29, 1.82) is 0 Å². The Hall–Kier alpha value is -5.22. The molecule has 2 rings (SSSR count). The second kappa shape index (κ2) is 26.1. The van der Waals surface area contributed by atoms with Gasteiger partial charge in [-0.25, -0.2) is 0 Å². The van der Waals surface area contributed by atoms with Gasteiger partial charge in [0.1, 0.15) is 42.3 Å². The SMILES string of the molecule is CC(C)C[C@@H]1NC(=O)[C@@H](Cc2ccccc2)NC(=O)[C@H](CCN)NC(=O)[C@@H](NC(=O)C[C@@H](C)O)CCNC(=O)[C@H]([C@@H](C)O)NC(=O)[C@H](CCN)NC(=O)[C@H](CCN)NC1=O. The Morgan fingerprint density at radius 3 is 1.58 bits per heavy atom. The van der Waals surface area contributed by atoms with Gasteiger partial charge in [-0.2, -0.15) is 0 Å². The van der Waals surface area contributed by atoms with E-state index in [-0.39, 0.29) is 77.0 Å². The Morgan fingerprint density at radius 2 is 1.10 bits per heavy atom. The van der Waals surface area contributed by atoms with Crippen LogP contribution in [0.1, 0.15) is 71.8 Å². The van der Waals surface area contributed by atoms with E-state index in [0.717, 1.165) is 0 Å². The van der Waals surface area contributed by atoms with Crippen LogP contribution in [0.15, 0.2) is 30.3 Å². The summed E-state index contributed by atoms with van der Waals surface area (Å²) in [6.45, 7) is 5.71. The fraction of sp³-hybridized carbons (Fsp3) is 0.641. The molecule has 16 N–H and O–H groups in total. The number of carbonyl (C=O) groups is 8. The second-order valence-corrected chi connectivity index (χ2v) is 15.3. The van der Waals surface area contributed by atoms with E-state index in [0.29, 0.717) is 5.56 Å². The van der Waals surface area contributed by atoms with E-state index in [4.69, 9.17) is 17.2 Å². The summed E-state index contributed by atoms with van der Waals surface area (Å²) in [7, 11) is 0. The van der Waals surface area contributed by atoms with Gasteiger partial charge >= 0.3 is 0 Å². The highest BCUT2D eigenvalue weighted by molar-refractivity contribution is 5.98. The van der Waals surface area contributed by atoms with Crippen LogP contribution in [-0.4, -0.2) is 138 Å². The number of amides is 8. The number of aliphatic hydroxyl groups is 2. The highest BCUT2D eigenvalue weighted by Crippen LogP contribution is 2.10. The zero-order valence-electron chi connectivity index (χ0n) is 34.8. The predicted octanol–water partition coefficient (Wildman–Crippen LogP) is -4.61. The lowest BCUT2D eigenvalue weighted by Crippen LogP contribution is -2.61. The van der Waals surface area contributed by atoms with Crippen LogP contribution in [0.4, 0.5) is 0 Å². The van der Waals surface area contributed by atoms with E-state index in [2.05, 4.69) is 42.5 Å². The van der Waals surface area contributed by atoms with Crippen molar-refractivity contribution < 1.29 is 48.6 Å². The lowest BCUT2D eigenvalue weighted by molar-refractivity contribution is -0.136. The monoisotopic (exact) mass is 847 g/mol. The maximum absolute atomic E-state index is 14.1. The highest BCUT2D eigenvalue weighted by Gasteiger charge is 2.35. The van der Waals surface area contributed by atoms with Crippen molar-refractivity contribution in [2.75, 3.05) is 26.2 Å². The average molecular weight is 848 g/mol. The van der Waals surface area contributed by atoms with E-state index in [1.165, 1.54) is 13.8 Å². The minimum Gasteiger partial charge on any atom is -0.393 e. The molecule has 336 valence electrons. The van der Waals surface area contributed by atoms with Gasteiger partial charge in [0.25, 0.3) is 0 Å². The fourth-order valence-corrected chi connectivity index (χ4v) is 6.33. The lowest BCUT2D eigenvalue weighted by Gasteiger charge is -2.28. The maximum Gasteiger partial charge on any atom is 0.245 e. The van der Waals surface area contributed by atoms with Gasteiger partial charge in [0.05, 0.1) is 18.6 Å². The van der Waals surface area contributed by atoms with Crippen LogP contribution in [0.3, 0.4) is 0 Å². The summed E-state index contributed by atoms with van der Waals surface area (Å²) in [6, 6.07) is -0.686. The van der Waals surface area contributed by atoms with Crippen LogP contribution in [0.5, 0.6) is 0 Å². The molecule has 1 saturated heterocycles. The molecule has 1 aromatic rings. The van der Waals surface area contributed by atoms with Crippen molar-refractivity contribution in [2.24, 2.45) is 23.1 Å². The number of hydrogen-bond acceptors (Lipinski definition) is 13. The molecule has 0 unspecified atom stereocenters. The van der Waals surface area contributed by atoms with E-state index in [1.54, 1.807) is 30.3 Å². The molecule has 1 fully saturated rings. The Labute approximate surface area is 350 Å². The molecule has 0 aromatic heterocycles. The normalized spacial score (nSPS) is 25.6. The first-order valence-corrected chi connectivity index (χ1v) is 20.3. The van der Waals surface area contributed by atoms with E-state index in [9.17, 15) is 48.6 Å². The summed E-state index contributed by atoms with van der Waals surface area (Å²) in [4.78, 5) is 109. The molecule has 1 heterocycles. The molecule has 0 aliphatic carbocycles. The summed E-state index contributed by atoms with van der Waals surface area (Å²) in [6.07, 6.45) is -3.37. The summed E-state index contributed by atoms with van der Waals surface area (Å²) >= 11 is 0. The van der Waals surface area contributed by atoms with Crippen LogP contribution < -0.4 is 59.7 Å². The molecule has 21 nitrogen and oxygen atoms in total. The molecule has 0 saturated carbocycles. The first kappa shape index (κ1) is 50.9. The number of aliphatic hydroxyl groups excluding tert-OH is 2. The first-order valence-electron chi connectivity index (χ1n) is 20.3. The van der Waals surface area contributed by atoms with Crippen molar-refractivity contribution in [3.63, 3.8) is 0 Å². The van der Waals surface area contributed by atoms with E-state index in [1.807, 2.05) is 13.8 Å². The standard InChI is InChI=1S/C39H65N11O10/c1-21(2)18-29-37(58)47-25(10-14-40)33(54)46-27(12-16-42)36(57)50-32(23(4)52)39(60)43-17-13-28(44-31(53)19-22(3)51)35(56)45-26(11-15-41)34(55)49-30(38(59)48-29)20-24-8-6-5-7-9-24/h5-9,21-23,25-30,32,51-52H,10-20,40-42H2,1-4H3,(H,43,60)(H,44,53)(H,45,56)(H,46,54)(H,47,58)(H,48,59)(H,49,55)(H,50,57)/t22-,23-,25+,26+,27+,28+,29+,30-,32+/m1/s1. The molecule has 0 radical (unpaired) electrons. The summed E-state index contributed by atoms with van der Waals surface area (Å²) in [5.74, 6) is -6.62. The smallest absolute Gasteiger partial charge is 0.245 e. The van der Waals surface area contributed by atoms with E-state index < -0.39 is 102 Å². The Balaban J connectivity index is 2.68. The number of nitrogens with one attached hydrogen (secondary N) is 8. The molecule has 1 aliphatic rings. The van der Waals surface area contributed by atoms with Crippen molar-refractivity contribution >= 4 is 47.3 Å². The van der Waals surface area contributed by atoms with Crippen molar-refractivity contribution in [2.45, 2.75) is 127 Å². The summed E-state index contributed by atoms with van der Waals surface area (Å²) in [5.41, 5.74) is 18.0. The minimum atomic E-state index is -1.56. The fourth-order valence-electron chi connectivity index (χ4n) is 6.33. The number of hydrogen-bond donors (Lipinski definition) is 13.